The van der Waals surface area contributed by atoms with E-state index in [1.807, 2.05) is 6.92 Å². The van der Waals surface area contributed by atoms with Gasteiger partial charge in [-0.2, -0.15) is 0 Å². The summed E-state index contributed by atoms with van der Waals surface area (Å²) in [5, 5.41) is 14.7. The molecule has 2 aromatic heterocycles. The van der Waals surface area contributed by atoms with Gasteiger partial charge in [-0.05, 0) is 45.4 Å². The molecule has 3 rings (SSSR count). The molecule has 3 aromatic rings. The summed E-state index contributed by atoms with van der Waals surface area (Å²) in [7, 11) is 0. The van der Waals surface area contributed by atoms with Crippen LogP contribution in [0.1, 0.15) is 23.7 Å². The van der Waals surface area contributed by atoms with Crippen molar-refractivity contribution < 1.29 is 0 Å². The van der Waals surface area contributed by atoms with Gasteiger partial charge >= 0.3 is 0 Å². The number of fused-ring (bicyclic) bond motifs is 1. The maximum absolute atomic E-state index is 4.69. The minimum atomic E-state index is 0.850. The molecule has 0 saturated heterocycles. The second kappa shape index (κ2) is 5.41. The van der Waals surface area contributed by atoms with Crippen molar-refractivity contribution in [2.75, 3.05) is 11.9 Å². The number of nitrogens with zero attached hydrogens (tertiary/aromatic N) is 3. The highest BCUT2D eigenvalue weighted by atomic mass is 32.1. The monoisotopic (exact) mass is 298 g/mol. The SMILES string of the molecule is CCNc1nnc(-c2cc(C)nc3c(C)cc(C)cc23)s1. The molecule has 4 nitrogen and oxygen atoms in total. The maximum atomic E-state index is 4.69. The average Bonchev–Trinajstić information content (AvgIpc) is 2.88. The van der Waals surface area contributed by atoms with Crippen molar-refractivity contribution >= 4 is 27.4 Å². The van der Waals surface area contributed by atoms with Crippen molar-refractivity contribution in [2.45, 2.75) is 27.7 Å². The second-order valence-electron chi connectivity index (χ2n) is 5.23. The number of anilines is 1. The minimum Gasteiger partial charge on any atom is -0.360 e. The maximum Gasteiger partial charge on any atom is 0.205 e. The predicted octanol–water partition coefficient (Wildman–Crippen LogP) is 4.11. The number of aromatic nitrogens is 3. The smallest absolute Gasteiger partial charge is 0.205 e. The molecule has 0 spiro atoms. The van der Waals surface area contributed by atoms with E-state index in [2.05, 4.69) is 59.5 Å². The van der Waals surface area contributed by atoms with Crippen molar-refractivity contribution in [3.05, 3.63) is 35.0 Å². The molecule has 0 aliphatic carbocycles. The lowest BCUT2D eigenvalue weighted by atomic mass is 10.0. The Morgan fingerprint density at radius 2 is 1.90 bits per heavy atom. The summed E-state index contributed by atoms with van der Waals surface area (Å²) in [6.07, 6.45) is 0. The molecule has 0 unspecified atom stereocenters. The Morgan fingerprint density at radius 1 is 1.10 bits per heavy atom. The summed E-state index contributed by atoms with van der Waals surface area (Å²) >= 11 is 1.58. The van der Waals surface area contributed by atoms with Crippen molar-refractivity contribution in [1.82, 2.24) is 15.2 Å². The van der Waals surface area contributed by atoms with E-state index < -0.39 is 0 Å². The lowest BCUT2D eigenvalue weighted by Crippen LogP contribution is -1.94. The number of rotatable bonds is 3. The van der Waals surface area contributed by atoms with Gasteiger partial charge < -0.3 is 5.32 Å². The van der Waals surface area contributed by atoms with E-state index in [-0.39, 0.29) is 0 Å². The van der Waals surface area contributed by atoms with Crippen LogP contribution in [0.25, 0.3) is 21.5 Å². The molecule has 1 aromatic carbocycles. The molecule has 0 radical (unpaired) electrons. The van der Waals surface area contributed by atoms with Crippen LogP contribution in [0.15, 0.2) is 18.2 Å². The molecule has 0 aliphatic rings. The van der Waals surface area contributed by atoms with Crippen LogP contribution in [0, 0.1) is 20.8 Å². The third kappa shape index (κ3) is 2.61. The van der Waals surface area contributed by atoms with Crippen LogP contribution >= 0.6 is 11.3 Å². The largest absolute Gasteiger partial charge is 0.360 e. The molecule has 0 aliphatic heterocycles. The van der Waals surface area contributed by atoms with Crippen molar-refractivity contribution in [3.63, 3.8) is 0 Å². The van der Waals surface area contributed by atoms with Gasteiger partial charge in [0, 0.05) is 23.2 Å². The number of nitrogens with one attached hydrogen (secondary N) is 1. The van der Waals surface area contributed by atoms with E-state index >= 15 is 0 Å². The van der Waals surface area contributed by atoms with Crippen LogP contribution in [0.5, 0.6) is 0 Å². The summed E-state index contributed by atoms with van der Waals surface area (Å²) in [6, 6.07) is 6.44. The van der Waals surface area contributed by atoms with Gasteiger partial charge in [-0.3, -0.25) is 4.98 Å². The first-order chi connectivity index (χ1) is 10.1. The minimum absolute atomic E-state index is 0.850. The first-order valence-electron chi connectivity index (χ1n) is 7.05. The van der Waals surface area contributed by atoms with Gasteiger partial charge in [0.05, 0.1) is 5.52 Å². The normalized spacial score (nSPS) is 11.0. The van der Waals surface area contributed by atoms with Gasteiger partial charge in [-0.1, -0.05) is 23.0 Å². The number of hydrogen-bond acceptors (Lipinski definition) is 5. The molecular formula is C16H18N4S. The Labute approximate surface area is 128 Å². The summed E-state index contributed by atoms with van der Waals surface area (Å²) < 4.78 is 0. The summed E-state index contributed by atoms with van der Waals surface area (Å²) in [4.78, 5) is 4.69. The van der Waals surface area contributed by atoms with E-state index in [0.717, 1.165) is 38.8 Å². The molecule has 0 bridgehead atoms. The zero-order valence-corrected chi connectivity index (χ0v) is 13.5. The Morgan fingerprint density at radius 3 is 2.67 bits per heavy atom. The van der Waals surface area contributed by atoms with E-state index in [1.165, 1.54) is 11.1 Å². The molecule has 0 atom stereocenters. The van der Waals surface area contributed by atoms with Crippen LogP contribution in [0.3, 0.4) is 0 Å². The Bertz CT molecular complexity index is 807. The average molecular weight is 298 g/mol. The highest BCUT2D eigenvalue weighted by Gasteiger charge is 2.13. The zero-order valence-electron chi connectivity index (χ0n) is 12.7. The quantitative estimate of drug-likeness (QED) is 0.790. The Hall–Kier alpha value is -2.01. The number of aryl methyl sites for hydroxylation is 3. The molecule has 21 heavy (non-hydrogen) atoms. The van der Waals surface area contributed by atoms with Gasteiger partial charge in [-0.15, -0.1) is 10.2 Å². The van der Waals surface area contributed by atoms with Crippen LogP contribution in [-0.2, 0) is 0 Å². The first kappa shape index (κ1) is 13.9. The van der Waals surface area contributed by atoms with Gasteiger partial charge in [0.1, 0.15) is 5.01 Å². The third-order valence-electron chi connectivity index (χ3n) is 3.36. The zero-order chi connectivity index (χ0) is 15.0. The fourth-order valence-corrected chi connectivity index (χ4v) is 3.38. The number of hydrogen-bond donors (Lipinski definition) is 1. The fourth-order valence-electron chi connectivity index (χ4n) is 2.54. The number of benzene rings is 1. The third-order valence-corrected chi connectivity index (χ3v) is 4.27. The van der Waals surface area contributed by atoms with Gasteiger partial charge in [0.15, 0.2) is 0 Å². The standard InChI is InChI=1S/C16H18N4S/c1-5-17-16-20-19-15(21-16)13-8-11(4)18-14-10(3)6-9(2)7-12(13)14/h6-8H,5H2,1-4H3,(H,17,20). The molecule has 0 amide bonds. The molecule has 1 N–H and O–H groups in total. The summed E-state index contributed by atoms with van der Waals surface area (Å²) in [5.74, 6) is 0. The van der Waals surface area contributed by atoms with E-state index in [1.54, 1.807) is 11.3 Å². The predicted molar refractivity (Wildman–Crippen MR) is 89.0 cm³/mol. The Balaban J connectivity index is 2.25. The van der Waals surface area contributed by atoms with E-state index in [4.69, 9.17) is 0 Å². The van der Waals surface area contributed by atoms with Crippen molar-refractivity contribution in [2.24, 2.45) is 0 Å². The molecular weight excluding hydrogens is 280 g/mol. The Kier molecular flexibility index (Phi) is 3.59. The first-order valence-corrected chi connectivity index (χ1v) is 7.86. The molecule has 108 valence electrons. The number of pyridine rings is 1. The highest BCUT2D eigenvalue weighted by Crippen LogP contribution is 2.33. The van der Waals surface area contributed by atoms with Gasteiger partial charge in [-0.25, -0.2) is 0 Å². The lowest BCUT2D eigenvalue weighted by molar-refractivity contribution is 1.07. The van der Waals surface area contributed by atoms with E-state index in [9.17, 15) is 0 Å². The van der Waals surface area contributed by atoms with Crippen molar-refractivity contribution in [3.8, 4) is 10.6 Å². The lowest BCUT2D eigenvalue weighted by Gasteiger charge is -2.09. The highest BCUT2D eigenvalue weighted by molar-refractivity contribution is 7.18. The fraction of sp³-hybridized carbons (Fsp3) is 0.312. The van der Waals surface area contributed by atoms with Crippen LogP contribution in [0.2, 0.25) is 0 Å². The molecule has 2 heterocycles. The summed E-state index contributed by atoms with van der Waals surface area (Å²) in [5.41, 5.74) is 5.61. The molecule has 0 fully saturated rings. The van der Waals surface area contributed by atoms with Crippen LogP contribution < -0.4 is 5.32 Å². The summed E-state index contributed by atoms with van der Waals surface area (Å²) in [6.45, 7) is 9.15. The second-order valence-corrected chi connectivity index (χ2v) is 6.21. The van der Waals surface area contributed by atoms with Crippen LogP contribution in [-0.4, -0.2) is 21.7 Å². The van der Waals surface area contributed by atoms with E-state index in [0.29, 0.717) is 0 Å². The molecule has 5 heteroatoms. The molecule has 0 saturated carbocycles. The van der Waals surface area contributed by atoms with Gasteiger partial charge in [0.25, 0.3) is 0 Å². The topological polar surface area (TPSA) is 50.7 Å². The van der Waals surface area contributed by atoms with Crippen molar-refractivity contribution in [1.29, 1.82) is 0 Å². The van der Waals surface area contributed by atoms with Gasteiger partial charge in [0.2, 0.25) is 5.13 Å². The van der Waals surface area contributed by atoms with Crippen LogP contribution in [0.4, 0.5) is 5.13 Å².